The Morgan fingerprint density at radius 3 is 2.54 bits per heavy atom. The largest absolute Gasteiger partial charge is 0.445 e. The van der Waals surface area contributed by atoms with Crippen molar-refractivity contribution in [2.45, 2.75) is 19.4 Å². The Kier molecular flexibility index (Phi) is 5.67. The molecule has 1 amide bonds. The topological polar surface area (TPSA) is 29.5 Å². The number of hydrogen-bond acceptors (Lipinski definition) is 2. The smallest absolute Gasteiger partial charge is 0.410 e. The Labute approximate surface area is 143 Å². The molecule has 2 aromatic carbocycles. The highest BCUT2D eigenvalue weighted by Crippen LogP contribution is 2.20. The summed E-state index contributed by atoms with van der Waals surface area (Å²) in [5.41, 5.74) is 2.21. The molecule has 0 bridgehead atoms. The Morgan fingerprint density at radius 1 is 1.08 bits per heavy atom. The fourth-order valence-corrected chi connectivity index (χ4v) is 2.95. The number of ether oxygens (including phenoxy) is 1. The van der Waals surface area contributed by atoms with E-state index in [1.165, 1.54) is 5.56 Å². The van der Waals surface area contributed by atoms with Crippen LogP contribution in [0.2, 0.25) is 0 Å². The van der Waals surface area contributed by atoms with Crippen LogP contribution < -0.4 is 0 Å². The van der Waals surface area contributed by atoms with Crippen molar-refractivity contribution in [3.63, 3.8) is 0 Å². The highest BCUT2D eigenvalue weighted by atomic mass is 16.6. The van der Waals surface area contributed by atoms with Crippen molar-refractivity contribution in [3.05, 3.63) is 77.9 Å². The number of hydrogen-bond donors (Lipinski definition) is 0. The molecule has 1 aliphatic heterocycles. The molecule has 3 heteroatoms. The molecule has 124 valence electrons. The second kappa shape index (κ2) is 8.34. The number of carbonyl (C=O) groups excluding carboxylic acids is 1. The molecule has 0 radical (unpaired) electrons. The quantitative estimate of drug-likeness (QED) is 0.813. The third-order valence-corrected chi connectivity index (χ3v) is 4.28. The van der Waals surface area contributed by atoms with Crippen LogP contribution in [0.25, 0.3) is 6.08 Å². The van der Waals surface area contributed by atoms with Gasteiger partial charge in [-0.3, -0.25) is 0 Å². The maximum Gasteiger partial charge on any atom is 0.410 e. The summed E-state index contributed by atoms with van der Waals surface area (Å²) in [6, 6.07) is 20.1. The lowest BCUT2D eigenvalue weighted by Crippen LogP contribution is -2.39. The normalized spacial score (nSPS) is 17.8. The Bertz CT molecular complexity index is 667. The highest BCUT2D eigenvalue weighted by Gasteiger charge is 2.23. The molecular formula is C21H23NO2. The Hall–Kier alpha value is -2.55. The number of carbonyl (C=O) groups is 1. The van der Waals surface area contributed by atoms with Crippen LogP contribution in [0.1, 0.15) is 24.0 Å². The zero-order valence-electron chi connectivity index (χ0n) is 13.8. The molecule has 0 saturated carbocycles. The van der Waals surface area contributed by atoms with Gasteiger partial charge in [0.05, 0.1) is 0 Å². The van der Waals surface area contributed by atoms with Gasteiger partial charge in [-0.1, -0.05) is 72.8 Å². The van der Waals surface area contributed by atoms with Crippen LogP contribution >= 0.6 is 0 Å². The summed E-state index contributed by atoms with van der Waals surface area (Å²) < 4.78 is 5.44. The molecule has 0 unspecified atom stereocenters. The Balaban J connectivity index is 1.51. The van der Waals surface area contributed by atoms with Gasteiger partial charge in [0.1, 0.15) is 6.61 Å². The SMILES string of the molecule is O=C(OCc1ccccc1)N1CCC[C@@H](/C=C/c2ccccc2)C1. The second-order valence-corrected chi connectivity index (χ2v) is 6.16. The standard InChI is InChI=1S/C21H23NO2/c23-21(24-17-20-10-5-2-6-11-20)22-15-7-12-19(16-22)14-13-18-8-3-1-4-9-18/h1-6,8-11,13-14,19H,7,12,15-17H2/b14-13+/t19-/m0/s1. The van der Waals surface area contributed by atoms with Gasteiger partial charge >= 0.3 is 6.09 Å². The Morgan fingerprint density at radius 2 is 1.79 bits per heavy atom. The van der Waals surface area contributed by atoms with E-state index < -0.39 is 0 Å². The third kappa shape index (κ3) is 4.72. The molecule has 3 nitrogen and oxygen atoms in total. The molecule has 1 aliphatic rings. The van der Waals surface area contributed by atoms with Crippen LogP contribution in [0, 0.1) is 5.92 Å². The van der Waals surface area contributed by atoms with Crippen molar-refractivity contribution >= 4 is 12.2 Å². The lowest BCUT2D eigenvalue weighted by Gasteiger charge is -2.30. The monoisotopic (exact) mass is 321 g/mol. The van der Waals surface area contributed by atoms with Gasteiger partial charge in [0.25, 0.3) is 0 Å². The minimum Gasteiger partial charge on any atom is -0.445 e. The van der Waals surface area contributed by atoms with E-state index >= 15 is 0 Å². The first-order chi connectivity index (χ1) is 11.8. The minimum absolute atomic E-state index is 0.211. The number of piperidine rings is 1. The first-order valence-corrected chi connectivity index (χ1v) is 8.50. The van der Waals surface area contributed by atoms with E-state index in [1.54, 1.807) is 0 Å². The second-order valence-electron chi connectivity index (χ2n) is 6.16. The molecule has 1 atom stereocenters. The average molecular weight is 321 g/mol. The molecular weight excluding hydrogens is 298 g/mol. The molecule has 1 heterocycles. The van der Waals surface area contributed by atoms with Crippen molar-refractivity contribution in [3.8, 4) is 0 Å². The molecule has 0 aromatic heterocycles. The fraction of sp³-hybridized carbons (Fsp3) is 0.286. The van der Waals surface area contributed by atoms with Gasteiger partial charge in [-0.15, -0.1) is 0 Å². The lowest BCUT2D eigenvalue weighted by atomic mass is 9.97. The van der Waals surface area contributed by atoms with Gasteiger partial charge in [0.15, 0.2) is 0 Å². The van der Waals surface area contributed by atoms with Crippen LogP contribution in [0.5, 0.6) is 0 Å². The number of benzene rings is 2. The van der Waals surface area contributed by atoms with Crippen molar-refractivity contribution in [2.24, 2.45) is 5.92 Å². The van der Waals surface area contributed by atoms with Gasteiger partial charge in [0.2, 0.25) is 0 Å². The number of nitrogens with zero attached hydrogens (tertiary/aromatic N) is 1. The summed E-state index contributed by atoms with van der Waals surface area (Å²) in [5, 5.41) is 0. The summed E-state index contributed by atoms with van der Waals surface area (Å²) in [6.07, 6.45) is 6.28. The van der Waals surface area contributed by atoms with Crippen LogP contribution in [-0.4, -0.2) is 24.1 Å². The molecule has 3 rings (SSSR count). The van der Waals surface area contributed by atoms with Gasteiger partial charge in [-0.2, -0.15) is 0 Å². The summed E-state index contributed by atoms with van der Waals surface area (Å²) >= 11 is 0. The molecule has 0 spiro atoms. The molecule has 0 aliphatic carbocycles. The fourth-order valence-electron chi connectivity index (χ4n) is 2.95. The zero-order chi connectivity index (χ0) is 16.6. The van der Waals surface area contributed by atoms with Gasteiger partial charge in [-0.05, 0) is 29.9 Å². The van der Waals surface area contributed by atoms with Crippen LogP contribution in [0.4, 0.5) is 4.79 Å². The van der Waals surface area contributed by atoms with Crippen molar-refractivity contribution in [1.82, 2.24) is 4.90 Å². The van der Waals surface area contributed by atoms with E-state index in [4.69, 9.17) is 4.74 Å². The summed E-state index contributed by atoms with van der Waals surface area (Å²) in [5.74, 6) is 0.392. The maximum atomic E-state index is 12.3. The predicted molar refractivity (Wildman–Crippen MR) is 96.4 cm³/mol. The van der Waals surface area contributed by atoms with E-state index in [0.29, 0.717) is 12.5 Å². The van der Waals surface area contributed by atoms with Gasteiger partial charge < -0.3 is 9.64 Å². The summed E-state index contributed by atoms with van der Waals surface area (Å²) in [4.78, 5) is 14.1. The van der Waals surface area contributed by atoms with E-state index in [2.05, 4.69) is 24.3 Å². The van der Waals surface area contributed by atoms with E-state index in [-0.39, 0.29) is 6.09 Å². The molecule has 1 fully saturated rings. The highest BCUT2D eigenvalue weighted by molar-refractivity contribution is 5.67. The van der Waals surface area contributed by atoms with E-state index in [1.807, 2.05) is 53.4 Å². The minimum atomic E-state index is -0.211. The van der Waals surface area contributed by atoms with Gasteiger partial charge in [-0.25, -0.2) is 4.79 Å². The molecule has 24 heavy (non-hydrogen) atoms. The predicted octanol–water partition coefficient (Wildman–Crippen LogP) is 4.75. The molecule has 1 saturated heterocycles. The van der Waals surface area contributed by atoms with E-state index in [9.17, 15) is 4.79 Å². The first-order valence-electron chi connectivity index (χ1n) is 8.50. The summed E-state index contributed by atoms with van der Waals surface area (Å²) in [6.45, 7) is 1.85. The van der Waals surface area contributed by atoms with Gasteiger partial charge in [0, 0.05) is 13.1 Å². The van der Waals surface area contributed by atoms with Crippen molar-refractivity contribution < 1.29 is 9.53 Å². The zero-order valence-corrected chi connectivity index (χ0v) is 13.8. The number of amides is 1. The molecule has 2 aromatic rings. The van der Waals surface area contributed by atoms with Crippen molar-refractivity contribution in [2.75, 3.05) is 13.1 Å². The average Bonchev–Trinajstić information content (AvgIpc) is 2.66. The lowest BCUT2D eigenvalue weighted by molar-refractivity contribution is 0.0836. The first kappa shape index (κ1) is 16.3. The van der Waals surface area contributed by atoms with Crippen molar-refractivity contribution in [1.29, 1.82) is 0 Å². The third-order valence-electron chi connectivity index (χ3n) is 4.28. The number of likely N-dealkylation sites (tertiary alicyclic amines) is 1. The molecule has 0 N–H and O–H groups in total. The van der Waals surface area contributed by atoms with Crippen LogP contribution in [0.15, 0.2) is 66.7 Å². The summed E-state index contributed by atoms with van der Waals surface area (Å²) in [7, 11) is 0. The van der Waals surface area contributed by atoms with E-state index in [0.717, 1.165) is 31.5 Å². The maximum absolute atomic E-state index is 12.3. The number of rotatable bonds is 4. The van der Waals surface area contributed by atoms with Crippen LogP contribution in [0.3, 0.4) is 0 Å². The van der Waals surface area contributed by atoms with Crippen LogP contribution in [-0.2, 0) is 11.3 Å².